The predicted octanol–water partition coefficient (Wildman–Crippen LogP) is 3.03. The molecule has 0 spiro atoms. The van der Waals surface area contributed by atoms with Crippen molar-refractivity contribution in [1.82, 2.24) is 10.2 Å². The first-order valence-corrected chi connectivity index (χ1v) is 8.26. The summed E-state index contributed by atoms with van der Waals surface area (Å²) in [6.07, 6.45) is 0. The second-order valence-electron chi connectivity index (χ2n) is 6.41. The molecular formula is C19H22N2O3. The molecule has 1 atom stereocenters. The van der Waals surface area contributed by atoms with E-state index >= 15 is 0 Å². The minimum absolute atomic E-state index is 0.133. The second kappa shape index (κ2) is 6.51. The Labute approximate surface area is 141 Å². The Morgan fingerprint density at radius 1 is 1.29 bits per heavy atom. The zero-order valence-electron chi connectivity index (χ0n) is 14.2. The Morgan fingerprint density at radius 3 is 2.83 bits per heavy atom. The van der Waals surface area contributed by atoms with Crippen LogP contribution in [-0.4, -0.2) is 35.8 Å². The van der Waals surface area contributed by atoms with Crippen molar-refractivity contribution in [2.45, 2.75) is 32.7 Å². The van der Waals surface area contributed by atoms with Crippen LogP contribution < -0.4 is 5.32 Å². The average Bonchev–Trinajstić information content (AvgIpc) is 3.07. The molecule has 5 heteroatoms. The number of piperazine rings is 1. The van der Waals surface area contributed by atoms with Crippen molar-refractivity contribution in [2.24, 2.45) is 0 Å². The van der Waals surface area contributed by atoms with Crippen LogP contribution in [0.1, 0.15) is 42.8 Å². The first-order chi connectivity index (χ1) is 11.5. The molecule has 1 aromatic carbocycles. The highest BCUT2D eigenvalue weighted by atomic mass is 16.4. The van der Waals surface area contributed by atoms with E-state index in [0.29, 0.717) is 24.8 Å². The van der Waals surface area contributed by atoms with Crippen LogP contribution in [0, 0.1) is 0 Å². The van der Waals surface area contributed by atoms with Gasteiger partial charge >= 0.3 is 0 Å². The van der Waals surface area contributed by atoms with Crippen molar-refractivity contribution in [3.05, 3.63) is 47.7 Å². The van der Waals surface area contributed by atoms with Gasteiger partial charge < -0.3 is 14.6 Å². The van der Waals surface area contributed by atoms with Crippen LogP contribution in [0.3, 0.4) is 0 Å². The van der Waals surface area contributed by atoms with Gasteiger partial charge in [0, 0.05) is 18.7 Å². The maximum atomic E-state index is 12.6. The number of hydrogen-bond donors (Lipinski definition) is 1. The van der Waals surface area contributed by atoms with E-state index in [2.05, 4.69) is 31.3 Å². The summed E-state index contributed by atoms with van der Waals surface area (Å²) in [5.41, 5.74) is 2.17. The van der Waals surface area contributed by atoms with Gasteiger partial charge in [-0.05, 0) is 36.6 Å². The molecule has 1 saturated heterocycles. The minimum atomic E-state index is -0.482. The summed E-state index contributed by atoms with van der Waals surface area (Å²) in [5.74, 6) is 0.972. The number of carbonyl (C=O) groups is 2. The van der Waals surface area contributed by atoms with Gasteiger partial charge in [0.2, 0.25) is 5.91 Å². The molecule has 24 heavy (non-hydrogen) atoms. The summed E-state index contributed by atoms with van der Waals surface area (Å²) in [7, 11) is 0. The van der Waals surface area contributed by atoms with Gasteiger partial charge in [-0.15, -0.1) is 0 Å². The lowest BCUT2D eigenvalue weighted by Gasteiger charge is -2.32. The van der Waals surface area contributed by atoms with Gasteiger partial charge in [0.05, 0.1) is 0 Å². The Morgan fingerprint density at radius 2 is 2.08 bits per heavy atom. The number of benzene rings is 1. The molecule has 3 rings (SSSR count). The fraction of sp³-hybridized carbons (Fsp3) is 0.368. The first kappa shape index (κ1) is 16.3. The summed E-state index contributed by atoms with van der Waals surface area (Å²) < 4.78 is 5.78. The van der Waals surface area contributed by atoms with Crippen molar-refractivity contribution in [3.8, 4) is 11.3 Å². The van der Waals surface area contributed by atoms with Crippen molar-refractivity contribution in [2.75, 3.05) is 13.1 Å². The van der Waals surface area contributed by atoms with E-state index in [1.165, 1.54) is 5.56 Å². The SMILES string of the molecule is CC(C)c1cccc(-c2ccc(C(=O)N3CCNC(=O)C3C)o2)c1. The summed E-state index contributed by atoms with van der Waals surface area (Å²) in [5, 5.41) is 2.75. The number of amides is 2. The summed E-state index contributed by atoms with van der Waals surface area (Å²) >= 11 is 0. The van der Waals surface area contributed by atoms with Gasteiger partial charge in [0.25, 0.3) is 5.91 Å². The maximum absolute atomic E-state index is 12.6. The summed E-state index contributed by atoms with van der Waals surface area (Å²) in [6.45, 7) is 6.96. The predicted molar refractivity (Wildman–Crippen MR) is 91.7 cm³/mol. The largest absolute Gasteiger partial charge is 0.451 e. The molecule has 1 fully saturated rings. The molecule has 0 saturated carbocycles. The third kappa shape index (κ3) is 3.07. The average molecular weight is 326 g/mol. The molecule has 5 nitrogen and oxygen atoms in total. The Balaban J connectivity index is 1.84. The number of rotatable bonds is 3. The molecule has 2 aromatic rings. The molecule has 126 valence electrons. The monoisotopic (exact) mass is 326 g/mol. The zero-order valence-corrected chi connectivity index (χ0v) is 14.2. The Bertz CT molecular complexity index is 763. The van der Waals surface area contributed by atoms with Crippen molar-refractivity contribution in [3.63, 3.8) is 0 Å². The molecule has 1 unspecified atom stereocenters. The fourth-order valence-corrected chi connectivity index (χ4v) is 2.86. The Hall–Kier alpha value is -2.56. The smallest absolute Gasteiger partial charge is 0.290 e. The molecule has 2 amide bonds. The van der Waals surface area contributed by atoms with E-state index in [9.17, 15) is 9.59 Å². The van der Waals surface area contributed by atoms with Gasteiger partial charge in [-0.1, -0.05) is 32.0 Å². The highest BCUT2D eigenvalue weighted by Gasteiger charge is 2.31. The van der Waals surface area contributed by atoms with Crippen LogP contribution in [0.15, 0.2) is 40.8 Å². The molecule has 1 aliphatic rings. The minimum Gasteiger partial charge on any atom is -0.451 e. The topological polar surface area (TPSA) is 62.6 Å². The van der Waals surface area contributed by atoms with E-state index < -0.39 is 6.04 Å². The van der Waals surface area contributed by atoms with Gasteiger partial charge in [-0.3, -0.25) is 9.59 Å². The van der Waals surface area contributed by atoms with Crippen molar-refractivity contribution in [1.29, 1.82) is 0 Å². The van der Waals surface area contributed by atoms with E-state index in [0.717, 1.165) is 5.56 Å². The third-order valence-electron chi connectivity index (χ3n) is 4.41. The number of nitrogens with one attached hydrogen (secondary N) is 1. The number of carbonyl (C=O) groups excluding carboxylic acids is 2. The normalized spacial score (nSPS) is 17.9. The fourth-order valence-electron chi connectivity index (χ4n) is 2.86. The second-order valence-corrected chi connectivity index (χ2v) is 6.41. The highest BCUT2D eigenvalue weighted by molar-refractivity contribution is 5.96. The van der Waals surface area contributed by atoms with Crippen LogP contribution >= 0.6 is 0 Å². The van der Waals surface area contributed by atoms with Gasteiger partial charge in [0.1, 0.15) is 11.8 Å². The Kier molecular flexibility index (Phi) is 4.42. The summed E-state index contributed by atoms with van der Waals surface area (Å²) in [6, 6.07) is 11.1. The molecule has 0 radical (unpaired) electrons. The lowest BCUT2D eigenvalue weighted by molar-refractivity contribution is -0.127. The standard InChI is InChI=1S/C19H22N2O3/c1-12(2)14-5-4-6-15(11-14)16-7-8-17(24-16)19(23)21-10-9-20-18(22)13(21)3/h4-8,11-13H,9-10H2,1-3H3,(H,20,22). The van der Waals surface area contributed by atoms with E-state index in [-0.39, 0.29) is 17.6 Å². The van der Waals surface area contributed by atoms with Gasteiger partial charge in [-0.2, -0.15) is 0 Å². The van der Waals surface area contributed by atoms with E-state index in [4.69, 9.17) is 4.42 Å². The number of hydrogen-bond acceptors (Lipinski definition) is 3. The van der Waals surface area contributed by atoms with Gasteiger partial charge in [-0.25, -0.2) is 0 Å². The van der Waals surface area contributed by atoms with Crippen LogP contribution in [0.4, 0.5) is 0 Å². The lowest BCUT2D eigenvalue weighted by atomic mass is 10.0. The first-order valence-electron chi connectivity index (χ1n) is 8.26. The molecule has 0 bridgehead atoms. The van der Waals surface area contributed by atoms with Gasteiger partial charge in [0.15, 0.2) is 5.76 Å². The molecule has 0 aliphatic carbocycles. The maximum Gasteiger partial charge on any atom is 0.290 e. The van der Waals surface area contributed by atoms with Crippen LogP contribution in [-0.2, 0) is 4.79 Å². The van der Waals surface area contributed by atoms with Crippen LogP contribution in [0.2, 0.25) is 0 Å². The van der Waals surface area contributed by atoms with Crippen molar-refractivity contribution >= 4 is 11.8 Å². The molecular weight excluding hydrogens is 304 g/mol. The molecule has 1 aliphatic heterocycles. The molecule has 2 heterocycles. The molecule has 1 aromatic heterocycles. The number of furan rings is 1. The zero-order chi connectivity index (χ0) is 17.3. The quantitative estimate of drug-likeness (QED) is 0.943. The summed E-state index contributed by atoms with van der Waals surface area (Å²) in [4.78, 5) is 25.9. The van der Waals surface area contributed by atoms with E-state index in [1.54, 1.807) is 24.0 Å². The highest BCUT2D eigenvalue weighted by Crippen LogP contribution is 2.26. The third-order valence-corrected chi connectivity index (χ3v) is 4.41. The van der Waals surface area contributed by atoms with Crippen LogP contribution in [0.5, 0.6) is 0 Å². The number of nitrogens with zero attached hydrogens (tertiary/aromatic N) is 1. The van der Waals surface area contributed by atoms with Crippen molar-refractivity contribution < 1.29 is 14.0 Å². The molecule has 1 N–H and O–H groups in total. The van der Waals surface area contributed by atoms with E-state index in [1.807, 2.05) is 12.1 Å². The lowest BCUT2D eigenvalue weighted by Crippen LogP contribution is -2.55. The van der Waals surface area contributed by atoms with Crippen LogP contribution in [0.25, 0.3) is 11.3 Å².